The SMILES string of the molecule is C[NH+](CCOc1ccc(Cl)cc1)CC(=O)Nc1cc(Cl)ccc1C#N. The molecule has 130 valence electrons. The number of likely N-dealkylation sites (N-methyl/N-ethyl adjacent to an activating group) is 1. The lowest BCUT2D eigenvalue weighted by Gasteiger charge is -2.15. The summed E-state index contributed by atoms with van der Waals surface area (Å²) in [5.41, 5.74) is 0.798. The van der Waals surface area contributed by atoms with Gasteiger partial charge in [-0.25, -0.2) is 0 Å². The first-order chi connectivity index (χ1) is 12.0. The summed E-state index contributed by atoms with van der Waals surface area (Å²) in [6, 6.07) is 13.9. The minimum atomic E-state index is -0.192. The van der Waals surface area contributed by atoms with Gasteiger partial charge < -0.3 is 15.0 Å². The number of nitrogens with one attached hydrogen (secondary N) is 2. The molecular weight excluding hydrogens is 361 g/mol. The molecule has 0 saturated heterocycles. The van der Waals surface area contributed by atoms with Crippen molar-refractivity contribution in [3.05, 3.63) is 58.1 Å². The van der Waals surface area contributed by atoms with Crippen LogP contribution in [0.1, 0.15) is 5.56 Å². The van der Waals surface area contributed by atoms with E-state index in [1.165, 1.54) is 0 Å². The zero-order valence-electron chi connectivity index (χ0n) is 13.7. The van der Waals surface area contributed by atoms with Gasteiger partial charge in [0.1, 0.15) is 25.0 Å². The third-order valence-corrected chi connectivity index (χ3v) is 3.94. The molecule has 0 spiro atoms. The van der Waals surface area contributed by atoms with E-state index in [1.807, 2.05) is 13.1 Å². The van der Waals surface area contributed by atoms with Gasteiger partial charge in [-0.05, 0) is 42.5 Å². The summed E-state index contributed by atoms with van der Waals surface area (Å²) in [5.74, 6) is 0.544. The maximum absolute atomic E-state index is 12.1. The Kier molecular flexibility index (Phi) is 7.08. The number of halogens is 2. The maximum Gasteiger partial charge on any atom is 0.279 e. The highest BCUT2D eigenvalue weighted by atomic mass is 35.5. The van der Waals surface area contributed by atoms with E-state index >= 15 is 0 Å². The van der Waals surface area contributed by atoms with Gasteiger partial charge in [-0.2, -0.15) is 5.26 Å². The fourth-order valence-corrected chi connectivity index (χ4v) is 2.45. The highest BCUT2D eigenvalue weighted by molar-refractivity contribution is 6.31. The predicted octanol–water partition coefficient (Wildman–Crippen LogP) is 2.40. The molecule has 1 atom stereocenters. The lowest BCUT2D eigenvalue weighted by atomic mass is 10.2. The van der Waals surface area contributed by atoms with E-state index in [0.29, 0.717) is 34.4 Å². The van der Waals surface area contributed by atoms with Gasteiger partial charge in [0, 0.05) is 10.0 Å². The largest absolute Gasteiger partial charge is 0.488 e. The second kappa shape index (κ2) is 9.28. The number of hydrogen-bond donors (Lipinski definition) is 2. The summed E-state index contributed by atoms with van der Waals surface area (Å²) in [4.78, 5) is 13.1. The van der Waals surface area contributed by atoms with Crippen molar-refractivity contribution in [3.63, 3.8) is 0 Å². The first kappa shape index (κ1) is 19.1. The van der Waals surface area contributed by atoms with Crippen molar-refractivity contribution in [2.45, 2.75) is 0 Å². The van der Waals surface area contributed by atoms with Crippen molar-refractivity contribution >= 4 is 34.8 Å². The second-order valence-corrected chi connectivity index (χ2v) is 6.41. The normalized spacial score (nSPS) is 11.4. The molecule has 1 amide bonds. The van der Waals surface area contributed by atoms with Crippen molar-refractivity contribution in [3.8, 4) is 11.8 Å². The highest BCUT2D eigenvalue weighted by Crippen LogP contribution is 2.20. The molecule has 0 bridgehead atoms. The van der Waals surface area contributed by atoms with E-state index < -0.39 is 0 Å². The number of carbonyl (C=O) groups excluding carboxylic acids is 1. The number of nitriles is 1. The predicted molar refractivity (Wildman–Crippen MR) is 98.4 cm³/mol. The number of quaternary nitrogens is 1. The second-order valence-electron chi connectivity index (χ2n) is 5.54. The molecule has 0 aromatic heterocycles. The number of rotatable bonds is 7. The molecule has 2 aromatic carbocycles. The van der Waals surface area contributed by atoms with Crippen LogP contribution in [0.5, 0.6) is 5.75 Å². The molecule has 0 fully saturated rings. The van der Waals surface area contributed by atoms with Gasteiger partial charge in [-0.1, -0.05) is 23.2 Å². The quantitative estimate of drug-likeness (QED) is 0.777. The Labute approximate surface area is 156 Å². The molecule has 0 aliphatic heterocycles. The van der Waals surface area contributed by atoms with E-state index in [0.717, 1.165) is 10.6 Å². The molecule has 2 rings (SSSR count). The smallest absolute Gasteiger partial charge is 0.279 e. The molecule has 25 heavy (non-hydrogen) atoms. The van der Waals surface area contributed by atoms with Crippen LogP contribution in [-0.2, 0) is 4.79 Å². The van der Waals surface area contributed by atoms with Crippen molar-refractivity contribution in [2.75, 3.05) is 32.1 Å². The average Bonchev–Trinajstić information content (AvgIpc) is 2.57. The number of ether oxygens (including phenoxy) is 1. The zero-order chi connectivity index (χ0) is 18.2. The lowest BCUT2D eigenvalue weighted by molar-refractivity contribution is -0.871. The third kappa shape index (κ3) is 6.28. The number of hydrogen-bond acceptors (Lipinski definition) is 3. The van der Waals surface area contributed by atoms with E-state index in [-0.39, 0.29) is 12.5 Å². The van der Waals surface area contributed by atoms with Crippen molar-refractivity contribution in [1.82, 2.24) is 0 Å². The highest BCUT2D eigenvalue weighted by Gasteiger charge is 2.12. The van der Waals surface area contributed by atoms with E-state index in [1.54, 1.807) is 42.5 Å². The molecule has 2 aromatic rings. The van der Waals surface area contributed by atoms with Crippen molar-refractivity contribution in [2.24, 2.45) is 0 Å². The number of nitrogens with zero attached hydrogens (tertiary/aromatic N) is 1. The van der Waals surface area contributed by atoms with Crippen molar-refractivity contribution in [1.29, 1.82) is 5.26 Å². The lowest BCUT2D eigenvalue weighted by Crippen LogP contribution is -3.10. The number of anilines is 1. The summed E-state index contributed by atoms with van der Waals surface area (Å²) >= 11 is 11.7. The Morgan fingerprint density at radius 1 is 1.20 bits per heavy atom. The van der Waals surface area contributed by atoms with Gasteiger partial charge in [-0.3, -0.25) is 4.79 Å². The van der Waals surface area contributed by atoms with Gasteiger partial charge in [0.2, 0.25) is 0 Å². The van der Waals surface area contributed by atoms with Crippen LogP contribution in [0.2, 0.25) is 10.0 Å². The maximum atomic E-state index is 12.1. The Balaban J connectivity index is 1.79. The van der Waals surface area contributed by atoms with Gasteiger partial charge in [0.15, 0.2) is 6.54 Å². The Morgan fingerprint density at radius 3 is 2.56 bits per heavy atom. The van der Waals surface area contributed by atoms with Crippen LogP contribution in [0, 0.1) is 11.3 Å². The van der Waals surface area contributed by atoms with E-state index in [2.05, 4.69) is 5.32 Å². The molecule has 1 unspecified atom stereocenters. The zero-order valence-corrected chi connectivity index (χ0v) is 15.2. The molecule has 0 aliphatic rings. The fraction of sp³-hybridized carbons (Fsp3) is 0.222. The van der Waals surface area contributed by atoms with Crippen LogP contribution in [-0.4, -0.2) is 32.7 Å². The average molecular weight is 379 g/mol. The summed E-state index contributed by atoms with van der Waals surface area (Å²) in [7, 11) is 1.90. The van der Waals surface area contributed by atoms with Gasteiger partial charge >= 0.3 is 0 Å². The minimum absolute atomic E-state index is 0.192. The summed E-state index contributed by atoms with van der Waals surface area (Å²) in [6.45, 7) is 1.37. The van der Waals surface area contributed by atoms with Crippen LogP contribution in [0.3, 0.4) is 0 Å². The van der Waals surface area contributed by atoms with Crippen LogP contribution in [0.25, 0.3) is 0 Å². The first-order valence-electron chi connectivity index (χ1n) is 7.67. The summed E-state index contributed by atoms with van der Waals surface area (Å²) in [6.07, 6.45) is 0. The van der Waals surface area contributed by atoms with Gasteiger partial charge in [-0.15, -0.1) is 0 Å². The minimum Gasteiger partial charge on any atom is -0.488 e. The van der Waals surface area contributed by atoms with Crippen LogP contribution >= 0.6 is 23.2 Å². The van der Waals surface area contributed by atoms with Crippen LogP contribution in [0.15, 0.2) is 42.5 Å². The first-order valence-corrected chi connectivity index (χ1v) is 8.42. The fourth-order valence-electron chi connectivity index (χ4n) is 2.15. The molecule has 0 heterocycles. The Bertz CT molecular complexity index is 773. The topological polar surface area (TPSA) is 66.6 Å². The van der Waals surface area contributed by atoms with E-state index in [4.69, 9.17) is 33.2 Å². The Morgan fingerprint density at radius 2 is 1.88 bits per heavy atom. The Hall–Kier alpha value is -2.26. The molecule has 7 heteroatoms. The molecule has 5 nitrogen and oxygen atoms in total. The number of carbonyl (C=O) groups is 1. The standard InChI is InChI=1S/C18H17Cl2N3O2/c1-23(8-9-25-16-6-4-14(19)5-7-16)12-18(24)22-17-10-15(20)3-2-13(17)11-21/h2-7,10H,8-9,12H2,1H3,(H,22,24)/p+1. The van der Waals surface area contributed by atoms with E-state index in [9.17, 15) is 4.79 Å². The monoisotopic (exact) mass is 378 g/mol. The summed E-state index contributed by atoms with van der Waals surface area (Å²) < 4.78 is 5.61. The molecule has 0 saturated carbocycles. The molecular formula is C18H18Cl2N3O2+. The van der Waals surface area contributed by atoms with Crippen LogP contribution in [0.4, 0.5) is 5.69 Å². The molecule has 0 radical (unpaired) electrons. The summed E-state index contributed by atoms with van der Waals surface area (Å²) in [5, 5.41) is 12.9. The van der Waals surface area contributed by atoms with Crippen LogP contribution < -0.4 is 15.0 Å². The van der Waals surface area contributed by atoms with Crippen molar-refractivity contribution < 1.29 is 14.4 Å². The molecule has 2 N–H and O–H groups in total. The number of amides is 1. The molecule has 0 aliphatic carbocycles. The van der Waals surface area contributed by atoms with Gasteiger partial charge in [0.05, 0.1) is 18.3 Å². The third-order valence-electron chi connectivity index (χ3n) is 3.45. The number of benzene rings is 2. The van der Waals surface area contributed by atoms with Gasteiger partial charge in [0.25, 0.3) is 5.91 Å².